The number of aryl methyl sites for hydroxylation is 1. The highest BCUT2D eigenvalue weighted by Crippen LogP contribution is 2.25. The van der Waals surface area contributed by atoms with Crippen LogP contribution in [-0.4, -0.2) is 0 Å². The first-order valence-electron chi connectivity index (χ1n) is 4.81. The van der Waals surface area contributed by atoms with E-state index in [1.807, 2.05) is 0 Å². The molecule has 0 fully saturated rings. The number of nitrogens with two attached hydrogens (primary N) is 2. The topological polar surface area (TPSA) is 52.0 Å². The molecule has 0 aliphatic carbocycles. The third-order valence-corrected chi connectivity index (χ3v) is 2.81. The lowest BCUT2D eigenvalue weighted by atomic mass is 9.92. The average Bonchev–Trinajstić information content (AvgIpc) is 2.20. The quantitative estimate of drug-likeness (QED) is 0.751. The first kappa shape index (κ1) is 10.6. The second kappa shape index (κ2) is 4.18. The molecule has 0 saturated heterocycles. The van der Waals surface area contributed by atoms with Crippen molar-refractivity contribution < 1.29 is 0 Å². The van der Waals surface area contributed by atoms with Gasteiger partial charge in [-0.2, -0.15) is 0 Å². The largest absolute Gasteiger partial charge is 0.403 e. The molecule has 1 atom stereocenters. The Labute approximate surface area is 85.6 Å². The van der Waals surface area contributed by atoms with Gasteiger partial charge in [-0.25, -0.2) is 0 Å². The van der Waals surface area contributed by atoms with E-state index in [9.17, 15) is 0 Å². The van der Waals surface area contributed by atoms with Gasteiger partial charge in [0.2, 0.25) is 0 Å². The number of hydrogen-bond acceptors (Lipinski definition) is 2. The fraction of sp³-hybridized carbons (Fsp3) is 0.333. The van der Waals surface area contributed by atoms with Crippen LogP contribution in [0.4, 0.5) is 0 Å². The molecule has 1 aromatic rings. The molecule has 0 saturated carbocycles. The summed E-state index contributed by atoms with van der Waals surface area (Å²) in [4.78, 5) is 0. The third-order valence-electron chi connectivity index (χ3n) is 2.81. The molecule has 2 nitrogen and oxygen atoms in total. The minimum Gasteiger partial charge on any atom is -0.403 e. The fourth-order valence-electron chi connectivity index (χ4n) is 1.57. The Kier molecular flexibility index (Phi) is 3.18. The second-order valence-corrected chi connectivity index (χ2v) is 3.68. The first-order valence-corrected chi connectivity index (χ1v) is 4.81. The molecule has 0 heterocycles. The van der Waals surface area contributed by atoms with Crippen LogP contribution in [-0.2, 0) is 0 Å². The lowest BCUT2D eigenvalue weighted by molar-refractivity contribution is 0.860. The lowest BCUT2D eigenvalue weighted by Crippen LogP contribution is -2.10. The van der Waals surface area contributed by atoms with E-state index in [4.69, 9.17) is 11.5 Å². The SMILES string of the molecule is Cc1cccc([C@H](C)/C(N)=C/N)c1C. The van der Waals surface area contributed by atoms with Crippen molar-refractivity contribution in [2.24, 2.45) is 11.5 Å². The monoisotopic (exact) mass is 190 g/mol. The van der Waals surface area contributed by atoms with Crippen LogP contribution in [0.5, 0.6) is 0 Å². The van der Waals surface area contributed by atoms with Crippen LogP contribution in [0.3, 0.4) is 0 Å². The van der Waals surface area contributed by atoms with Crippen molar-refractivity contribution in [2.45, 2.75) is 26.7 Å². The van der Waals surface area contributed by atoms with Crippen molar-refractivity contribution in [3.05, 3.63) is 46.8 Å². The summed E-state index contributed by atoms with van der Waals surface area (Å²) in [5.41, 5.74) is 15.8. The molecule has 14 heavy (non-hydrogen) atoms. The maximum absolute atomic E-state index is 5.80. The zero-order chi connectivity index (χ0) is 10.7. The van der Waals surface area contributed by atoms with Gasteiger partial charge < -0.3 is 11.5 Å². The van der Waals surface area contributed by atoms with Gasteiger partial charge in [-0.05, 0) is 30.5 Å². The maximum Gasteiger partial charge on any atom is 0.0311 e. The molecular formula is C12H18N2. The zero-order valence-electron chi connectivity index (χ0n) is 9.04. The van der Waals surface area contributed by atoms with Crippen LogP contribution in [0.25, 0.3) is 0 Å². The Balaban J connectivity index is 3.13. The van der Waals surface area contributed by atoms with Crippen LogP contribution in [0.2, 0.25) is 0 Å². The van der Waals surface area contributed by atoms with E-state index >= 15 is 0 Å². The molecular weight excluding hydrogens is 172 g/mol. The van der Waals surface area contributed by atoms with E-state index in [2.05, 4.69) is 39.0 Å². The van der Waals surface area contributed by atoms with Crippen LogP contribution in [0.15, 0.2) is 30.1 Å². The van der Waals surface area contributed by atoms with E-state index in [0.717, 1.165) is 5.70 Å². The van der Waals surface area contributed by atoms with Gasteiger partial charge >= 0.3 is 0 Å². The van der Waals surface area contributed by atoms with Gasteiger partial charge in [0.05, 0.1) is 0 Å². The molecule has 1 aromatic carbocycles. The molecule has 0 spiro atoms. The zero-order valence-corrected chi connectivity index (χ0v) is 9.04. The van der Waals surface area contributed by atoms with Gasteiger partial charge in [0.1, 0.15) is 0 Å². The Bertz CT molecular complexity index is 353. The highest BCUT2D eigenvalue weighted by molar-refractivity contribution is 5.38. The Morgan fingerprint density at radius 1 is 1.36 bits per heavy atom. The summed E-state index contributed by atoms with van der Waals surface area (Å²) >= 11 is 0. The number of allylic oxidation sites excluding steroid dienone is 1. The van der Waals surface area contributed by atoms with Crippen molar-refractivity contribution in [1.82, 2.24) is 0 Å². The first-order chi connectivity index (χ1) is 6.57. The third kappa shape index (κ3) is 1.90. The maximum atomic E-state index is 5.80. The van der Waals surface area contributed by atoms with Crippen LogP contribution in [0, 0.1) is 13.8 Å². The van der Waals surface area contributed by atoms with Crippen LogP contribution >= 0.6 is 0 Å². The van der Waals surface area contributed by atoms with E-state index in [0.29, 0.717) is 0 Å². The van der Waals surface area contributed by atoms with E-state index in [1.54, 1.807) is 0 Å². The summed E-state index contributed by atoms with van der Waals surface area (Å²) in [7, 11) is 0. The number of hydrogen-bond donors (Lipinski definition) is 2. The molecule has 76 valence electrons. The van der Waals surface area contributed by atoms with Crippen LogP contribution in [0.1, 0.15) is 29.5 Å². The molecule has 0 aromatic heterocycles. The fourth-order valence-corrected chi connectivity index (χ4v) is 1.57. The van der Waals surface area contributed by atoms with Gasteiger partial charge in [0.15, 0.2) is 0 Å². The van der Waals surface area contributed by atoms with E-state index < -0.39 is 0 Å². The number of rotatable bonds is 2. The van der Waals surface area contributed by atoms with Crippen molar-refractivity contribution in [1.29, 1.82) is 0 Å². The van der Waals surface area contributed by atoms with Gasteiger partial charge in [-0.3, -0.25) is 0 Å². The van der Waals surface area contributed by atoms with Crippen molar-refractivity contribution in [3.63, 3.8) is 0 Å². The van der Waals surface area contributed by atoms with Crippen molar-refractivity contribution in [3.8, 4) is 0 Å². The molecule has 0 unspecified atom stereocenters. The summed E-state index contributed by atoms with van der Waals surface area (Å²) in [6.07, 6.45) is 1.48. The Morgan fingerprint density at radius 3 is 2.57 bits per heavy atom. The smallest absolute Gasteiger partial charge is 0.0311 e. The molecule has 0 aliphatic heterocycles. The summed E-state index contributed by atoms with van der Waals surface area (Å²) in [5, 5.41) is 0. The molecule has 1 rings (SSSR count). The molecule has 4 N–H and O–H groups in total. The Morgan fingerprint density at radius 2 is 2.00 bits per heavy atom. The number of benzene rings is 1. The molecule has 0 amide bonds. The van der Waals surface area contributed by atoms with Crippen molar-refractivity contribution >= 4 is 0 Å². The highest BCUT2D eigenvalue weighted by Gasteiger charge is 2.11. The minimum atomic E-state index is 0.194. The average molecular weight is 190 g/mol. The summed E-state index contributed by atoms with van der Waals surface area (Å²) < 4.78 is 0. The second-order valence-electron chi connectivity index (χ2n) is 3.68. The normalized spacial score (nSPS) is 14.1. The van der Waals surface area contributed by atoms with E-state index in [1.165, 1.54) is 22.9 Å². The van der Waals surface area contributed by atoms with Gasteiger partial charge in [-0.15, -0.1) is 0 Å². The molecule has 2 heteroatoms. The lowest BCUT2D eigenvalue weighted by Gasteiger charge is -2.16. The predicted octanol–water partition coefficient (Wildman–Crippen LogP) is 2.17. The van der Waals surface area contributed by atoms with Gasteiger partial charge in [0, 0.05) is 17.8 Å². The molecule has 0 aliphatic rings. The summed E-state index contributed by atoms with van der Waals surface area (Å²) in [6, 6.07) is 6.26. The van der Waals surface area contributed by atoms with Crippen molar-refractivity contribution in [2.75, 3.05) is 0 Å². The minimum absolute atomic E-state index is 0.194. The van der Waals surface area contributed by atoms with E-state index in [-0.39, 0.29) is 5.92 Å². The summed E-state index contributed by atoms with van der Waals surface area (Å²) in [5.74, 6) is 0.194. The molecule has 0 bridgehead atoms. The molecule has 0 radical (unpaired) electrons. The summed E-state index contributed by atoms with van der Waals surface area (Å²) in [6.45, 7) is 6.29. The van der Waals surface area contributed by atoms with Gasteiger partial charge in [0.25, 0.3) is 0 Å². The predicted molar refractivity (Wildman–Crippen MR) is 60.8 cm³/mol. The van der Waals surface area contributed by atoms with Gasteiger partial charge in [-0.1, -0.05) is 25.1 Å². The standard InChI is InChI=1S/C12H18N2/c1-8-5-4-6-11(9(8)2)10(3)12(14)7-13/h4-7,10H,13-14H2,1-3H3/b12-7-/t10-/m0/s1. The Hall–Kier alpha value is -1.44. The highest BCUT2D eigenvalue weighted by atomic mass is 14.6. The van der Waals surface area contributed by atoms with Crippen LogP contribution < -0.4 is 11.5 Å².